The van der Waals surface area contributed by atoms with Crippen LogP contribution in [0.4, 0.5) is 5.82 Å². The van der Waals surface area contributed by atoms with Crippen LogP contribution < -0.4 is 10.1 Å². The first kappa shape index (κ1) is 15.8. The highest BCUT2D eigenvalue weighted by Crippen LogP contribution is 2.17. The number of nitriles is 1. The van der Waals surface area contributed by atoms with E-state index in [0.29, 0.717) is 30.3 Å². The quantitative estimate of drug-likeness (QED) is 0.817. The van der Waals surface area contributed by atoms with Gasteiger partial charge in [-0.1, -0.05) is 0 Å². The van der Waals surface area contributed by atoms with Crippen molar-refractivity contribution in [3.05, 3.63) is 48.2 Å². The number of nitrogens with zero attached hydrogens (tertiary/aromatic N) is 2. The number of nitrogens with one attached hydrogen (secondary N) is 1. The van der Waals surface area contributed by atoms with Crippen LogP contribution in [0.25, 0.3) is 0 Å². The Morgan fingerprint density at radius 2 is 2.00 bits per heavy atom. The van der Waals surface area contributed by atoms with E-state index in [1.54, 1.807) is 30.3 Å². The maximum atomic E-state index is 11.6. The van der Waals surface area contributed by atoms with Gasteiger partial charge in [-0.05, 0) is 36.4 Å². The van der Waals surface area contributed by atoms with Gasteiger partial charge in [-0.3, -0.25) is 0 Å². The van der Waals surface area contributed by atoms with Gasteiger partial charge in [-0.15, -0.1) is 0 Å². The topological polar surface area (TPSA) is 92.1 Å². The molecule has 2 rings (SSSR count). The number of hydrogen-bond acceptors (Lipinski definition) is 6. The molecule has 1 N–H and O–H groups in total. The van der Waals surface area contributed by atoms with Crippen molar-refractivity contribution in [3.8, 4) is 11.8 Å². The molecule has 0 spiro atoms. The lowest BCUT2D eigenvalue weighted by Crippen LogP contribution is -2.14. The van der Waals surface area contributed by atoms with Crippen molar-refractivity contribution in [2.75, 3.05) is 24.7 Å². The highest BCUT2D eigenvalue weighted by Gasteiger charge is 2.13. The third-order valence-corrected chi connectivity index (χ3v) is 3.95. The number of hydrogen-bond donors (Lipinski definition) is 1. The fourth-order valence-electron chi connectivity index (χ4n) is 1.79. The van der Waals surface area contributed by atoms with Crippen LogP contribution in [0.1, 0.15) is 5.56 Å². The van der Waals surface area contributed by atoms with Crippen molar-refractivity contribution in [3.63, 3.8) is 0 Å². The number of benzene rings is 1. The molecule has 1 aromatic heterocycles. The van der Waals surface area contributed by atoms with E-state index in [0.717, 1.165) is 6.26 Å². The van der Waals surface area contributed by atoms with E-state index >= 15 is 0 Å². The molecule has 7 heteroatoms. The first-order chi connectivity index (χ1) is 10.5. The molecule has 0 bridgehead atoms. The van der Waals surface area contributed by atoms with Gasteiger partial charge in [0, 0.05) is 12.5 Å². The molecule has 1 aromatic carbocycles. The maximum absolute atomic E-state index is 11.6. The van der Waals surface area contributed by atoms with Crippen LogP contribution in [-0.2, 0) is 9.84 Å². The standard InChI is InChI=1S/C15H15N3O3S/c1-22(19,20)14-3-2-8-17-15(14)18-9-10-21-13-6-4-12(11-16)5-7-13/h2-8H,9-10H2,1H3,(H,17,18). The van der Waals surface area contributed by atoms with Gasteiger partial charge in [-0.25, -0.2) is 13.4 Å². The van der Waals surface area contributed by atoms with E-state index in [4.69, 9.17) is 10.00 Å². The first-order valence-electron chi connectivity index (χ1n) is 6.52. The van der Waals surface area contributed by atoms with Gasteiger partial charge >= 0.3 is 0 Å². The predicted molar refractivity (Wildman–Crippen MR) is 82.5 cm³/mol. The van der Waals surface area contributed by atoms with Crippen LogP contribution >= 0.6 is 0 Å². The average Bonchev–Trinajstić information content (AvgIpc) is 2.51. The molecule has 0 aliphatic rings. The summed E-state index contributed by atoms with van der Waals surface area (Å²) >= 11 is 0. The molecule has 0 unspecified atom stereocenters. The van der Waals surface area contributed by atoms with E-state index in [-0.39, 0.29) is 4.90 Å². The number of anilines is 1. The zero-order chi connectivity index (χ0) is 16.0. The average molecular weight is 317 g/mol. The lowest BCUT2D eigenvalue weighted by Gasteiger charge is -2.10. The minimum atomic E-state index is -3.33. The SMILES string of the molecule is CS(=O)(=O)c1cccnc1NCCOc1ccc(C#N)cc1. The number of aromatic nitrogens is 1. The van der Waals surface area contributed by atoms with Crippen LogP contribution in [0.15, 0.2) is 47.5 Å². The molecule has 1 heterocycles. The molecule has 22 heavy (non-hydrogen) atoms. The largest absolute Gasteiger partial charge is 0.492 e. The monoisotopic (exact) mass is 317 g/mol. The third kappa shape index (κ3) is 4.20. The van der Waals surface area contributed by atoms with E-state index in [2.05, 4.69) is 10.3 Å². The summed E-state index contributed by atoms with van der Waals surface area (Å²) in [6.07, 6.45) is 2.67. The van der Waals surface area contributed by atoms with Gasteiger partial charge in [0.2, 0.25) is 0 Å². The molecule has 0 amide bonds. The van der Waals surface area contributed by atoms with Gasteiger partial charge in [0.05, 0.1) is 18.2 Å². The van der Waals surface area contributed by atoms with Gasteiger partial charge in [0.15, 0.2) is 9.84 Å². The van der Waals surface area contributed by atoms with Crippen molar-refractivity contribution in [1.82, 2.24) is 4.98 Å². The molecule has 114 valence electrons. The van der Waals surface area contributed by atoms with Gasteiger partial charge in [0.25, 0.3) is 0 Å². The minimum absolute atomic E-state index is 0.161. The lowest BCUT2D eigenvalue weighted by atomic mass is 10.2. The summed E-state index contributed by atoms with van der Waals surface area (Å²) in [5, 5.41) is 11.6. The molecule has 0 saturated carbocycles. The second-order valence-electron chi connectivity index (χ2n) is 4.53. The predicted octanol–water partition coefficient (Wildman–Crippen LogP) is 1.85. The van der Waals surface area contributed by atoms with E-state index < -0.39 is 9.84 Å². The Hall–Kier alpha value is -2.59. The molecule has 0 saturated heterocycles. The fraction of sp³-hybridized carbons (Fsp3) is 0.200. The van der Waals surface area contributed by atoms with Crippen LogP contribution in [-0.4, -0.2) is 32.8 Å². The highest BCUT2D eigenvalue weighted by molar-refractivity contribution is 7.90. The van der Waals surface area contributed by atoms with E-state index in [1.807, 2.05) is 6.07 Å². The molecule has 0 fully saturated rings. The number of ether oxygens (including phenoxy) is 1. The van der Waals surface area contributed by atoms with E-state index in [9.17, 15) is 8.42 Å². The summed E-state index contributed by atoms with van der Waals surface area (Å²) < 4.78 is 28.8. The van der Waals surface area contributed by atoms with Crippen LogP contribution in [0, 0.1) is 11.3 Å². The second kappa shape index (κ2) is 6.91. The second-order valence-corrected chi connectivity index (χ2v) is 6.52. The molecule has 2 aromatic rings. The summed E-state index contributed by atoms with van der Waals surface area (Å²) in [5.41, 5.74) is 0.566. The minimum Gasteiger partial charge on any atom is -0.492 e. The van der Waals surface area contributed by atoms with Crippen LogP contribution in [0.3, 0.4) is 0 Å². The lowest BCUT2D eigenvalue weighted by molar-refractivity contribution is 0.332. The molecule has 0 aliphatic heterocycles. The Morgan fingerprint density at radius 3 is 2.64 bits per heavy atom. The summed E-state index contributed by atoms with van der Waals surface area (Å²) in [6, 6.07) is 11.9. The summed E-state index contributed by atoms with van der Waals surface area (Å²) in [7, 11) is -3.33. The Bertz CT molecular complexity index is 780. The Labute approximate surface area is 129 Å². The molecular weight excluding hydrogens is 302 g/mol. The Balaban J connectivity index is 1.91. The normalized spacial score (nSPS) is 10.7. The molecular formula is C15H15N3O3S. The van der Waals surface area contributed by atoms with Crippen LogP contribution in [0.5, 0.6) is 5.75 Å². The smallest absolute Gasteiger partial charge is 0.179 e. The van der Waals surface area contributed by atoms with Crippen molar-refractivity contribution in [2.24, 2.45) is 0 Å². The summed E-state index contributed by atoms with van der Waals surface area (Å²) in [4.78, 5) is 4.19. The van der Waals surface area contributed by atoms with Crippen LogP contribution in [0.2, 0.25) is 0 Å². The zero-order valence-corrected chi connectivity index (χ0v) is 12.8. The summed E-state index contributed by atoms with van der Waals surface area (Å²) in [6.45, 7) is 0.741. The maximum Gasteiger partial charge on any atom is 0.179 e. The Morgan fingerprint density at radius 1 is 1.27 bits per heavy atom. The van der Waals surface area contributed by atoms with Gasteiger partial charge < -0.3 is 10.1 Å². The van der Waals surface area contributed by atoms with Gasteiger partial charge in [0.1, 0.15) is 23.1 Å². The van der Waals surface area contributed by atoms with E-state index in [1.165, 1.54) is 12.3 Å². The molecule has 0 radical (unpaired) electrons. The fourth-order valence-corrected chi connectivity index (χ4v) is 2.59. The molecule has 0 atom stereocenters. The van der Waals surface area contributed by atoms with Crippen molar-refractivity contribution in [2.45, 2.75) is 4.90 Å². The third-order valence-electron chi connectivity index (χ3n) is 2.82. The van der Waals surface area contributed by atoms with Crippen molar-refractivity contribution >= 4 is 15.7 Å². The summed E-state index contributed by atoms with van der Waals surface area (Å²) in [5.74, 6) is 0.957. The first-order valence-corrected chi connectivity index (χ1v) is 8.42. The number of pyridine rings is 1. The molecule has 0 aliphatic carbocycles. The van der Waals surface area contributed by atoms with Crippen molar-refractivity contribution in [1.29, 1.82) is 5.26 Å². The molecule has 6 nitrogen and oxygen atoms in total. The van der Waals surface area contributed by atoms with Gasteiger partial charge in [-0.2, -0.15) is 5.26 Å². The number of rotatable bonds is 6. The highest BCUT2D eigenvalue weighted by atomic mass is 32.2. The Kier molecular flexibility index (Phi) is 4.96. The number of sulfone groups is 1. The van der Waals surface area contributed by atoms with Crippen molar-refractivity contribution < 1.29 is 13.2 Å². The zero-order valence-electron chi connectivity index (χ0n) is 12.0.